The molecule has 31 heavy (non-hydrogen) atoms. The molecule has 4 aromatic rings. The van der Waals surface area contributed by atoms with Crippen LogP contribution in [0.2, 0.25) is 0 Å². The van der Waals surface area contributed by atoms with E-state index in [1.165, 1.54) is 0 Å². The summed E-state index contributed by atoms with van der Waals surface area (Å²) in [5.41, 5.74) is 1.27. The first-order valence-electron chi connectivity index (χ1n) is 9.51. The smallest absolute Gasteiger partial charge is 0.188 e. The molecule has 0 saturated heterocycles. The lowest BCUT2D eigenvalue weighted by Gasteiger charge is -2.20. The predicted octanol–water partition coefficient (Wildman–Crippen LogP) is 6.79. The zero-order valence-electron chi connectivity index (χ0n) is 16.7. The summed E-state index contributed by atoms with van der Waals surface area (Å²) in [5.74, 6) is 0. The molecule has 4 rings (SSSR count). The van der Waals surface area contributed by atoms with Crippen LogP contribution in [0.5, 0.6) is 0 Å². The number of hydrogen-bond donors (Lipinski definition) is 2. The lowest BCUT2D eigenvalue weighted by Crippen LogP contribution is -2.25. The third-order valence-corrected chi connectivity index (χ3v) is 8.89. The molecule has 160 valence electrons. The minimum atomic E-state index is -2.27. The maximum Gasteiger partial charge on any atom is 0.188 e. The molecular formula is C23H19Br2NO3S2. The Hall–Kier alpha value is -1.42. The van der Waals surface area contributed by atoms with Crippen molar-refractivity contribution in [2.24, 2.45) is 0 Å². The van der Waals surface area contributed by atoms with Crippen LogP contribution in [0.25, 0.3) is 32.7 Å². The first-order chi connectivity index (χ1) is 14.8. The lowest BCUT2D eigenvalue weighted by atomic mass is 9.93. The maximum absolute atomic E-state index is 13.4. The Balaban J connectivity index is 2.26. The van der Waals surface area contributed by atoms with Gasteiger partial charge in [-0.05, 0) is 79.4 Å². The summed E-state index contributed by atoms with van der Waals surface area (Å²) in [6, 6.07) is 19.2. The van der Waals surface area contributed by atoms with Crippen LogP contribution < -0.4 is 4.72 Å². The summed E-state index contributed by atoms with van der Waals surface area (Å²) < 4.78 is 40.5. The summed E-state index contributed by atoms with van der Waals surface area (Å²) in [6.07, 6.45) is 0. The highest BCUT2D eigenvalue weighted by Gasteiger charge is 2.26. The molecule has 0 amide bonds. The zero-order valence-corrected chi connectivity index (χ0v) is 21.5. The van der Waals surface area contributed by atoms with Gasteiger partial charge in [0.15, 0.2) is 11.1 Å². The van der Waals surface area contributed by atoms with Crippen molar-refractivity contribution < 1.29 is 13.0 Å². The van der Waals surface area contributed by atoms with Crippen LogP contribution in [-0.4, -0.2) is 19.0 Å². The number of benzene rings is 4. The van der Waals surface area contributed by atoms with Gasteiger partial charge in [0.25, 0.3) is 0 Å². The summed E-state index contributed by atoms with van der Waals surface area (Å²) >= 11 is 4.84. The average Bonchev–Trinajstić information content (AvgIpc) is 2.71. The van der Waals surface area contributed by atoms with E-state index in [0.717, 1.165) is 21.5 Å². The van der Waals surface area contributed by atoms with Gasteiger partial charge in [0.1, 0.15) is 11.0 Å². The number of hydrogen-bond acceptors (Lipinski definition) is 2. The summed E-state index contributed by atoms with van der Waals surface area (Å²) in [6.45, 7) is 3.85. The van der Waals surface area contributed by atoms with Crippen molar-refractivity contribution in [1.29, 1.82) is 0 Å². The fourth-order valence-electron chi connectivity index (χ4n) is 3.71. The molecule has 0 spiro atoms. The van der Waals surface area contributed by atoms with Crippen molar-refractivity contribution in [1.82, 2.24) is 4.72 Å². The normalized spacial score (nSPS) is 13.7. The standard InChI is InChI=1S/C23H19Br2NO3S2/c1-13(2)26-30(27)22-18(24)11-14-7-3-5-9-16(14)20(22)21-17-10-6-4-8-15(17)12-19(25)23(21)31(28)29/h3-13,26H,1-2H3,(H,28,29). The number of rotatable bonds is 5. The van der Waals surface area contributed by atoms with E-state index in [-0.39, 0.29) is 10.9 Å². The monoisotopic (exact) mass is 579 g/mol. The van der Waals surface area contributed by atoms with Gasteiger partial charge in [0, 0.05) is 26.1 Å². The topological polar surface area (TPSA) is 66.4 Å². The molecular weight excluding hydrogens is 562 g/mol. The highest BCUT2D eigenvalue weighted by Crippen LogP contribution is 2.46. The Morgan fingerprint density at radius 1 is 0.806 bits per heavy atom. The van der Waals surface area contributed by atoms with Crippen molar-refractivity contribution in [2.45, 2.75) is 29.7 Å². The van der Waals surface area contributed by atoms with Gasteiger partial charge in [-0.1, -0.05) is 48.5 Å². The Kier molecular flexibility index (Phi) is 6.76. The van der Waals surface area contributed by atoms with Gasteiger partial charge in [0.2, 0.25) is 0 Å². The van der Waals surface area contributed by atoms with E-state index in [4.69, 9.17) is 0 Å². The third-order valence-electron chi connectivity index (χ3n) is 4.87. The summed E-state index contributed by atoms with van der Waals surface area (Å²) in [7, 11) is -1.56. The average molecular weight is 581 g/mol. The molecule has 4 nitrogen and oxygen atoms in total. The first-order valence-corrected chi connectivity index (χ1v) is 13.4. The quantitative estimate of drug-likeness (QED) is 0.255. The molecule has 2 N–H and O–H groups in total. The molecule has 0 fully saturated rings. The molecule has 2 atom stereocenters. The predicted molar refractivity (Wildman–Crippen MR) is 136 cm³/mol. The van der Waals surface area contributed by atoms with E-state index in [2.05, 4.69) is 36.6 Å². The third kappa shape index (κ3) is 4.29. The number of halogens is 2. The minimum absolute atomic E-state index is 0.0160. The van der Waals surface area contributed by atoms with E-state index in [1.807, 2.05) is 74.5 Å². The largest absolute Gasteiger partial charge is 0.302 e. The Morgan fingerprint density at radius 2 is 1.26 bits per heavy atom. The molecule has 0 bridgehead atoms. The molecule has 0 aliphatic carbocycles. The molecule has 0 saturated carbocycles. The molecule has 0 radical (unpaired) electrons. The highest BCUT2D eigenvalue weighted by atomic mass is 79.9. The van der Waals surface area contributed by atoms with Crippen LogP contribution in [0, 0.1) is 0 Å². The Morgan fingerprint density at radius 3 is 1.74 bits per heavy atom. The van der Waals surface area contributed by atoms with Crippen LogP contribution in [0.1, 0.15) is 13.8 Å². The Labute approximate surface area is 202 Å². The first kappa shape index (κ1) is 22.8. The second-order valence-electron chi connectivity index (χ2n) is 7.36. The molecule has 0 aromatic heterocycles. The van der Waals surface area contributed by atoms with Crippen LogP contribution in [0.4, 0.5) is 0 Å². The maximum atomic E-state index is 13.4. The molecule has 0 aliphatic rings. The van der Waals surface area contributed by atoms with E-state index >= 15 is 0 Å². The minimum Gasteiger partial charge on any atom is -0.302 e. The van der Waals surface area contributed by atoms with Crippen LogP contribution >= 0.6 is 31.9 Å². The van der Waals surface area contributed by atoms with E-state index in [9.17, 15) is 13.0 Å². The SMILES string of the molecule is CC(C)NS(=O)c1c(Br)cc2ccccc2c1-c1c(S(=O)O)c(Br)cc2ccccc12. The van der Waals surface area contributed by atoms with Crippen molar-refractivity contribution >= 4 is 75.5 Å². The van der Waals surface area contributed by atoms with Gasteiger partial charge < -0.3 is 4.55 Å². The van der Waals surface area contributed by atoms with Crippen LogP contribution in [0.15, 0.2) is 79.4 Å². The van der Waals surface area contributed by atoms with Crippen LogP contribution in [-0.2, 0) is 22.1 Å². The highest BCUT2D eigenvalue weighted by molar-refractivity contribution is 9.10. The molecule has 0 aliphatic heterocycles. The number of fused-ring (bicyclic) bond motifs is 2. The molecule has 4 aromatic carbocycles. The molecule has 8 heteroatoms. The summed E-state index contributed by atoms with van der Waals surface area (Å²) in [4.78, 5) is 0.798. The fraction of sp³-hybridized carbons (Fsp3) is 0.130. The van der Waals surface area contributed by atoms with Crippen molar-refractivity contribution in [3.8, 4) is 11.1 Å². The van der Waals surface area contributed by atoms with Gasteiger partial charge in [-0.15, -0.1) is 0 Å². The van der Waals surface area contributed by atoms with Gasteiger partial charge in [-0.3, -0.25) is 0 Å². The second-order valence-corrected chi connectivity index (χ2v) is 11.2. The van der Waals surface area contributed by atoms with Crippen molar-refractivity contribution in [3.63, 3.8) is 0 Å². The van der Waals surface area contributed by atoms with Crippen LogP contribution in [0.3, 0.4) is 0 Å². The molecule has 2 unspecified atom stereocenters. The fourth-order valence-corrected chi connectivity index (χ4v) is 7.25. The zero-order chi connectivity index (χ0) is 22.3. The van der Waals surface area contributed by atoms with E-state index in [0.29, 0.717) is 25.0 Å². The van der Waals surface area contributed by atoms with Gasteiger partial charge >= 0.3 is 0 Å². The summed E-state index contributed by atoms with van der Waals surface area (Å²) in [5, 5.41) is 3.52. The Bertz CT molecular complexity index is 1370. The van der Waals surface area contributed by atoms with Gasteiger partial charge in [0.05, 0.1) is 9.79 Å². The number of nitrogens with one attached hydrogen (secondary N) is 1. The van der Waals surface area contributed by atoms with E-state index in [1.54, 1.807) is 0 Å². The lowest BCUT2D eigenvalue weighted by molar-refractivity contribution is 0.564. The second kappa shape index (κ2) is 9.21. The van der Waals surface area contributed by atoms with Gasteiger partial charge in [-0.25, -0.2) is 13.1 Å². The molecule has 0 heterocycles. The van der Waals surface area contributed by atoms with E-state index < -0.39 is 22.1 Å². The van der Waals surface area contributed by atoms with Gasteiger partial charge in [-0.2, -0.15) is 0 Å². The van der Waals surface area contributed by atoms with Crippen molar-refractivity contribution in [3.05, 3.63) is 69.6 Å². The van der Waals surface area contributed by atoms with Crippen molar-refractivity contribution in [2.75, 3.05) is 0 Å².